The molecule has 5 heteroatoms. The number of hydrogen-bond donors (Lipinski definition) is 1. The third-order valence-corrected chi connectivity index (χ3v) is 3.47. The quantitative estimate of drug-likeness (QED) is 0.763. The van der Waals surface area contributed by atoms with Gasteiger partial charge in [0, 0.05) is 19.0 Å². The number of carboxylic acid groups (broad SMARTS) is 1. The van der Waals surface area contributed by atoms with Crippen molar-refractivity contribution in [3.63, 3.8) is 0 Å². The van der Waals surface area contributed by atoms with Gasteiger partial charge >= 0.3 is 5.97 Å². The standard InChI is InChI=1S/C13H19NO4/c15-12(16)8-11-9-14(6-7-18-11)13(17)10-4-2-1-3-5-10/h1-2,10-11H,3-9H2,(H,15,16)/t10-,11+/m0/s1. The van der Waals surface area contributed by atoms with Gasteiger partial charge in [-0.05, 0) is 19.3 Å². The van der Waals surface area contributed by atoms with Gasteiger partial charge in [0.2, 0.25) is 5.91 Å². The van der Waals surface area contributed by atoms with Gasteiger partial charge in [0.15, 0.2) is 0 Å². The van der Waals surface area contributed by atoms with Crippen LogP contribution in [0, 0.1) is 5.92 Å². The molecule has 0 unspecified atom stereocenters. The van der Waals surface area contributed by atoms with Crippen LogP contribution in [0.2, 0.25) is 0 Å². The van der Waals surface area contributed by atoms with E-state index in [2.05, 4.69) is 12.2 Å². The minimum atomic E-state index is -0.880. The molecule has 2 rings (SSSR count). The summed E-state index contributed by atoms with van der Waals surface area (Å²) in [5.41, 5.74) is 0. The molecule has 2 atom stereocenters. The Morgan fingerprint density at radius 2 is 2.22 bits per heavy atom. The van der Waals surface area contributed by atoms with Crippen LogP contribution in [0.3, 0.4) is 0 Å². The fourth-order valence-corrected chi connectivity index (χ4v) is 2.51. The molecule has 18 heavy (non-hydrogen) atoms. The van der Waals surface area contributed by atoms with Gasteiger partial charge in [0.1, 0.15) is 0 Å². The summed E-state index contributed by atoms with van der Waals surface area (Å²) in [6.07, 6.45) is 6.43. The second kappa shape index (κ2) is 6.00. The molecule has 0 aromatic heterocycles. The SMILES string of the molecule is O=C(O)C[C@@H]1CN(C(=O)[C@H]2CC=CCC2)CCO1. The molecule has 1 amide bonds. The molecule has 1 fully saturated rings. The first kappa shape index (κ1) is 13.1. The number of carboxylic acids is 1. The summed E-state index contributed by atoms with van der Waals surface area (Å²) in [7, 11) is 0. The van der Waals surface area contributed by atoms with Crippen molar-refractivity contribution in [2.45, 2.75) is 31.8 Å². The average Bonchev–Trinajstić information content (AvgIpc) is 2.38. The van der Waals surface area contributed by atoms with Crippen LogP contribution >= 0.6 is 0 Å². The summed E-state index contributed by atoms with van der Waals surface area (Å²) in [6, 6.07) is 0. The van der Waals surface area contributed by atoms with E-state index in [9.17, 15) is 9.59 Å². The molecule has 1 aliphatic carbocycles. The van der Waals surface area contributed by atoms with Crippen LogP contribution in [0.5, 0.6) is 0 Å². The van der Waals surface area contributed by atoms with E-state index in [-0.39, 0.29) is 24.3 Å². The molecule has 2 aliphatic rings. The van der Waals surface area contributed by atoms with Crippen LogP contribution in [0.1, 0.15) is 25.7 Å². The Morgan fingerprint density at radius 3 is 2.89 bits per heavy atom. The number of amides is 1. The van der Waals surface area contributed by atoms with Gasteiger partial charge in [-0.25, -0.2) is 0 Å². The number of allylic oxidation sites excluding steroid dienone is 2. The predicted molar refractivity (Wildman–Crippen MR) is 65.1 cm³/mol. The zero-order valence-corrected chi connectivity index (χ0v) is 10.4. The van der Waals surface area contributed by atoms with E-state index in [0.29, 0.717) is 19.7 Å². The van der Waals surface area contributed by atoms with Crippen LogP contribution in [0.4, 0.5) is 0 Å². The molecule has 0 bridgehead atoms. The maximum Gasteiger partial charge on any atom is 0.306 e. The summed E-state index contributed by atoms with van der Waals surface area (Å²) >= 11 is 0. The Hall–Kier alpha value is -1.36. The number of carbonyl (C=O) groups is 2. The lowest BCUT2D eigenvalue weighted by atomic mass is 9.93. The Labute approximate surface area is 106 Å². The van der Waals surface area contributed by atoms with Crippen molar-refractivity contribution < 1.29 is 19.4 Å². The minimum Gasteiger partial charge on any atom is -0.481 e. The second-order valence-electron chi connectivity index (χ2n) is 4.86. The average molecular weight is 253 g/mol. The number of rotatable bonds is 3. The molecule has 0 aromatic rings. The van der Waals surface area contributed by atoms with Crippen molar-refractivity contribution >= 4 is 11.9 Å². The van der Waals surface area contributed by atoms with Crippen molar-refractivity contribution in [1.29, 1.82) is 0 Å². The van der Waals surface area contributed by atoms with Crippen molar-refractivity contribution in [3.05, 3.63) is 12.2 Å². The van der Waals surface area contributed by atoms with Gasteiger partial charge in [0.25, 0.3) is 0 Å². The third kappa shape index (κ3) is 3.32. The molecule has 5 nitrogen and oxygen atoms in total. The Balaban J connectivity index is 1.89. The number of nitrogens with zero attached hydrogens (tertiary/aromatic N) is 1. The zero-order valence-electron chi connectivity index (χ0n) is 10.4. The molecule has 100 valence electrons. The molecular weight excluding hydrogens is 234 g/mol. The molecule has 1 aliphatic heterocycles. The van der Waals surface area contributed by atoms with Crippen molar-refractivity contribution in [3.8, 4) is 0 Å². The van der Waals surface area contributed by atoms with Gasteiger partial charge in [0.05, 0.1) is 19.1 Å². The topological polar surface area (TPSA) is 66.8 Å². The van der Waals surface area contributed by atoms with E-state index in [0.717, 1.165) is 19.3 Å². The largest absolute Gasteiger partial charge is 0.481 e. The molecular formula is C13H19NO4. The van der Waals surface area contributed by atoms with Gasteiger partial charge in [-0.3, -0.25) is 9.59 Å². The van der Waals surface area contributed by atoms with E-state index in [1.54, 1.807) is 4.90 Å². The number of aliphatic carboxylic acids is 1. The summed E-state index contributed by atoms with van der Waals surface area (Å²) in [5, 5.41) is 8.75. The molecule has 0 radical (unpaired) electrons. The van der Waals surface area contributed by atoms with Crippen LogP contribution in [-0.2, 0) is 14.3 Å². The highest BCUT2D eigenvalue weighted by atomic mass is 16.5. The number of carbonyl (C=O) groups excluding carboxylic acids is 1. The van der Waals surface area contributed by atoms with E-state index in [1.807, 2.05) is 0 Å². The lowest BCUT2D eigenvalue weighted by Gasteiger charge is -2.34. The lowest BCUT2D eigenvalue weighted by molar-refractivity contribution is -0.150. The monoisotopic (exact) mass is 253 g/mol. The van der Waals surface area contributed by atoms with Crippen molar-refractivity contribution in [2.75, 3.05) is 19.7 Å². The Bertz CT molecular complexity index is 353. The van der Waals surface area contributed by atoms with Crippen LogP contribution < -0.4 is 0 Å². The molecule has 0 aromatic carbocycles. The number of ether oxygens (including phenoxy) is 1. The lowest BCUT2D eigenvalue weighted by Crippen LogP contribution is -2.48. The van der Waals surface area contributed by atoms with Crippen LogP contribution in [-0.4, -0.2) is 47.7 Å². The van der Waals surface area contributed by atoms with E-state index in [1.165, 1.54) is 0 Å². The summed E-state index contributed by atoms with van der Waals surface area (Å²) in [5.74, 6) is -0.661. The highest BCUT2D eigenvalue weighted by Crippen LogP contribution is 2.22. The summed E-state index contributed by atoms with van der Waals surface area (Å²) in [6.45, 7) is 1.42. The van der Waals surface area contributed by atoms with E-state index < -0.39 is 5.97 Å². The highest BCUT2D eigenvalue weighted by Gasteiger charge is 2.30. The van der Waals surface area contributed by atoms with E-state index >= 15 is 0 Å². The smallest absolute Gasteiger partial charge is 0.306 e. The molecule has 1 heterocycles. The maximum atomic E-state index is 12.3. The first-order chi connectivity index (χ1) is 8.66. The highest BCUT2D eigenvalue weighted by molar-refractivity contribution is 5.79. The van der Waals surface area contributed by atoms with Crippen LogP contribution in [0.25, 0.3) is 0 Å². The Kier molecular flexibility index (Phi) is 4.36. The van der Waals surface area contributed by atoms with Gasteiger partial charge < -0.3 is 14.7 Å². The molecule has 1 saturated heterocycles. The fraction of sp³-hybridized carbons (Fsp3) is 0.692. The first-order valence-corrected chi connectivity index (χ1v) is 6.44. The third-order valence-electron chi connectivity index (χ3n) is 3.47. The van der Waals surface area contributed by atoms with Crippen LogP contribution in [0.15, 0.2) is 12.2 Å². The van der Waals surface area contributed by atoms with E-state index in [4.69, 9.17) is 9.84 Å². The van der Waals surface area contributed by atoms with Gasteiger partial charge in [-0.1, -0.05) is 12.2 Å². The predicted octanol–water partition coefficient (Wildman–Crippen LogP) is 1.04. The number of morpholine rings is 1. The van der Waals surface area contributed by atoms with Gasteiger partial charge in [-0.15, -0.1) is 0 Å². The Morgan fingerprint density at radius 1 is 1.39 bits per heavy atom. The minimum absolute atomic E-state index is 0.0334. The summed E-state index contributed by atoms with van der Waals surface area (Å²) in [4.78, 5) is 24.7. The van der Waals surface area contributed by atoms with Crippen molar-refractivity contribution in [2.24, 2.45) is 5.92 Å². The maximum absolute atomic E-state index is 12.3. The normalized spacial score (nSPS) is 28.1. The number of hydrogen-bond acceptors (Lipinski definition) is 3. The fourth-order valence-electron chi connectivity index (χ4n) is 2.51. The molecule has 0 spiro atoms. The second-order valence-corrected chi connectivity index (χ2v) is 4.86. The summed E-state index contributed by atoms with van der Waals surface area (Å²) < 4.78 is 5.37. The molecule has 0 saturated carbocycles. The molecule has 1 N–H and O–H groups in total. The zero-order chi connectivity index (χ0) is 13.0. The van der Waals surface area contributed by atoms with Crippen molar-refractivity contribution in [1.82, 2.24) is 4.90 Å². The van der Waals surface area contributed by atoms with Gasteiger partial charge in [-0.2, -0.15) is 0 Å². The first-order valence-electron chi connectivity index (χ1n) is 6.44.